The van der Waals surface area contributed by atoms with E-state index in [1.165, 1.54) is 0 Å². The second-order valence-electron chi connectivity index (χ2n) is 3.96. The van der Waals surface area contributed by atoms with Gasteiger partial charge in [-0.2, -0.15) is 0 Å². The zero-order chi connectivity index (χ0) is 11.3. The molecule has 0 bridgehead atoms. The molecule has 0 aliphatic rings. The first-order valence-electron chi connectivity index (χ1n) is 5.22. The van der Waals surface area contributed by atoms with Gasteiger partial charge in [0.15, 0.2) is 0 Å². The van der Waals surface area contributed by atoms with Crippen LogP contribution >= 0.6 is 0 Å². The fourth-order valence-corrected chi connectivity index (χ4v) is 1.16. The minimum absolute atomic E-state index is 0.0513. The first-order valence-corrected chi connectivity index (χ1v) is 5.22. The maximum absolute atomic E-state index is 8.83. The predicted octanol–water partition coefficient (Wildman–Crippen LogP) is 1.71. The summed E-state index contributed by atoms with van der Waals surface area (Å²) < 4.78 is 5.49. The fraction of sp³-hybridized carbons (Fsp3) is 0.500. The van der Waals surface area contributed by atoms with E-state index < -0.39 is 0 Å². The molecule has 0 amide bonds. The molecule has 1 aromatic rings. The molecule has 0 aromatic heterocycles. The van der Waals surface area contributed by atoms with Crippen LogP contribution in [0.25, 0.3) is 0 Å². The van der Waals surface area contributed by atoms with Crippen molar-refractivity contribution in [2.45, 2.75) is 19.9 Å². The van der Waals surface area contributed by atoms with Gasteiger partial charge in [0.2, 0.25) is 0 Å². The van der Waals surface area contributed by atoms with Crippen LogP contribution in [-0.4, -0.2) is 18.3 Å². The lowest BCUT2D eigenvalue weighted by Gasteiger charge is -2.11. The Morgan fingerprint density at radius 1 is 1.27 bits per heavy atom. The van der Waals surface area contributed by atoms with Crippen molar-refractivity contribution in [3.8, 4) is 5.75 Å². The SMILES string of the molecule is CC(CO)COc1ccc(C(C)N)cc1. The van der Waals surface area contributed by atoms with Crippen LogP contribution in [0.3, 0.4) is 0 Å². The molecule has 84 valence electrons. The van der Waals surface area contributed by atoms with E-state index in [1.54, 1.807) is 0 Å². The van der Waals surface area contributed by atoms with Crippen LogP contribution in [0.15, 0.2) is 24.3 Å². The monoisotopic (exact) mass is 209 g/mol. The van der Waals surface area contributed by atoms with Gasteiger partial charge in [-0.25, -0.2) is 0 Å². The predicted molar refractivity (Wildman–Crippen MR) is 60.8 cm³/mol. The molecule has 0 spiro atoms. The van der Waals surface area contributed by atoms with Crippen LogP contribution in [0.5, 0.6) is 5.75 Å². The second kappa shape index (κ2) is 5.73. The van der Waals surface area contributed by atoms with E-state index in [-0.39, 0.29) is 18.6 Å². The number of hydrogen-bond acceptors (Lipinski definition) is 3. The number of ether oxygens (including phenoxy) is 1. The molecule has 3 N–H and O–H groups in total. The van der Waals surface area contributed by atoms with Crippen LogP contribution in [0.2, 0.25) is 0 Å². The molecule has 0 fully saturated rings. The summed E-state index contributed by atoms with van der Waals surface area (Å²) in [6, 6.07) is 7.79. The van der Waals surface area contributed by atoms with Gasteiger partial charge < -0.3 is 15.6 Å². The largest absolute Gasteiger partial charge is 0.493 e. The third-order valence-corrected chi connectivity index (χ3v) is 2.25. The molecule has 0 aliphatic carbocycles. The number of benzene rings is 1. The van der Waals surface area contributed by atoms with Crippen LogP contribution in [-0.2, 0) is 0 Å². The highest BCUT2D eigenvalue weighted by Crippen LogP contribution is 2.16. The average molecular weight is 209 g/mol. The topological polar surface area (TPSA) is 55.5 Å². The number of aliphatic hydroxyl groups is 1. The Morgan fingerprint density at radius 3 is 2.33 bits per heavy atom. The van der Waals surface area contributed by atoms with Gasteiger partial charge in [0.25, 0.3) is 0 Å². The standard InChI is InChI=1S/C12H19NO2/c1-9(7-14)8-15-12-5-3-11(4-6-12)10(2)13/h3-6,9-10,14H,7-8,13H2,1-2H3. The summed E-state index contributed by atoms with van der Waals surface area (Å²) in [4.78, 5) is 0. The Hall–Kier alpha value is -1.06. The van der Waals surface area contributed by atoms with Crippen molar-refractivity contribution in [2.24, 2.45) is 11.7 Å². The Kier molecular flexibility index (Phi) is 4.59. The highest BCUT2D eigenvalue weighted by atomic mass is 16.5. The number of nitrogens with two attached hydrogens (primary N) is 1. The molecule has 0 radical (unpaired) electrons. The molecule has 3 heteroatoms. The van der Waals surface area contributed by atoms with Crippen molar-refractivity contribution in [2.75, 3.05) is 13.2 Å². The van der Waals surface area contributed by atoms with Gasteiger partial charge in [0.05, 0.1) is 6.61 Å². The highest BCUT2D eigenvalue weighted by molar-refractivity contribution is 5.28. The second-order valence-corrected chi connectivity index (χ2v) is 3.96. The van der Waals surface area contributed by atoms with E-state index >= 15 is 0 Å². The van der Waals surface area contributed by atoms with Gasteiger partial charge >= 0.3 is 0 Å². The van der Waals surface area contributed by atoms with Gasteiger partial charge in [-0.3, -0.25) is 0 Å². The maximum atomic E-state index is 8.83. The fourth-order valence-electron chi connectivity index (χ4n) is 1.16. The van der Waals surface area contributed by atoms with E-state index in [0.717, 1.165) is 11.3 Å². The third-order valence-electron chi connectivity index (χ3n) is 2.25. The molecule has 0 heterocycles. The third kappa shape index (κ3) is 3.90. The molecule has 0 saturated heterocycles. The summed E-state index contributed by atoms with van der Waals surface area (Å²) in [5.74, 6) is 0.984. The minimum Gasteiger partial charge on any atom is -0.493 e. The van der Waals surface area contributed by atoms with Gasteiger partial charge in [0.1, 0.15) is 5.75 Å². The van der Waals surface area contributed by atoms with Crippen molar-refractivity contribution in [1.29, 1.82) is 0 Å². The molecule has 1 aromatic carbocycles. The summed E-state index contributed by atoms with van der Waals surface area (Å²) in [6.45, 7) is 4.58. The molecular formula is C12H19NO2. The van der Waals surface area contributed by atoms with Crippen LogP contribution in [0.1, 0.15) is 25.5 Å². The van der Waals surface area contributed by atoms with E-state index in [0.29, 0.717) is 6.61 Å². The van der Waals surface area contributed by atoms with Crippen LogP contribution in [0.4, 0.5) is 0 Å². The first kappa shape index (κ1) is 12.0. The molecule has 2 unspecified atom stereocenters. The number of aliphatic hydroxyl groups excluding tert-OH is 1. The molecule has 15 heavy (non-hydrogen) atoms. The molecule has 0 aliphatic heterocycles. The quantitative estimate of drug-likeness (QED) is 0.776. The van der Waals surface area contributed by atoms with Gasteiger partial charge in [-0.15, -0.1) is 0 Å². The van der Waals surface area contributed by atoms with E-state index in [2.05, 4.69) is 0 Å². The Labute approximate surface area is 90.9 Å². The van der Waals surface area contributed by atoms with Crippen LogP contribution < -0.4 is 10.5 Å². The zero-order valence-corrected chi connectivity index (χ0v) is 9.31. The Morgan fingerprint density at radius 2 is 1.87 bits per heavy atom. The van der Waals surface area contributed by atoms with E-state index in [1.807, 2.05) is 38.1 Å². The molecular weight excluding hydrogens is 190 g/mol. The maximum Gasteiger partial charge on any atom is 0.119 e. The van der Waals surface area contributed by atoms with Crippen molar-refractivity contribution in [1.82, 2.24) is 0 Å². The van der Waals surface area contributed by atoms with Crippen molar-refractivity contribution >= 4 is 0 Å². The van der Waals surface area contributed by atoms with E-state index in [4.69, 9.17) is 15.6 Å². The summed E-state index contributed by atoms with van der Waals surface area (Å²) in [7, 11) is 0. The smallest absolute Gasteiger partial charge is 0.119 e. The Bertz CT molecular complexity index is 282. The summed E-state index contributed by atoms with van der Waals surface area (Å²) in [6.07, 6.45) is 0. The molecule has 2 atom stereocenters. The normalized spacial score (nSPS) is 14.7. The summed E-state index contributed by atoms with van der Waals surface area (Å²) in [5.41, 5.74) is 6.83. The summed E-state index contributed by atoms with van der Waals surface area (Å²) >= 11 is 0. The van der Waals surface area contributed by atoms with Gasteiger partial charge in [0, 0.05) is 18.6 Å². The van der Waals surface area contributed by atoms with Gasteiger partial charge in [-0.05, 0) is 24.6 Å². The highest BCUT2D eigenvalue weighted by Gasteiger charge is 2.02. The average Bonchev–Trinajstić information content (AvgIpc) is 2.26. The van der Waals surface area contributed by atoms with Crippen molar-refractivity contribution < 1.29 is 9.84 Å². The Balaban J connectivity index is 2.50. The summed E-state index contributed by atoms with van der Waals surface area (Å²) in [5, 5.41) is 8.83. The lowest BCUT2D eigenvalue weighted by molar-refractivity contribution is 0.174. The lowest BCUT2D eigenvalue weighted by Crippen LogP contribution is -2.12. The minimum atomic E-state index is 0.0513. The lowest BCUT2D eigenvalue weighted by atomic mass is 10.1. The zero-order valence-electron chi connectivity index (χ0n) is 9.31. The first-order chi connectivity index (χ1) is 7.13. The number of rotatable bonds is 5. The number of hydrogen-bond donors (Lipinski definition) is 2. The molecule has 3 nitrogen and oxygen atoms in total. The van der Waals surface area contributed by atoms with Crippen LogP contribution in [0, 0.1) is 5.92 Å². The van der Waals surface area contributed by atoms with Crippen molar-refractivity contribution in [3.05, 3.63) is 29.8 Å². The van der Waals surface area contributed by atoms with Crippen molar-refractivity contribution in [3.63, 3.8) is 0 Å². The van der Waals surface area contributed by atoms with E-state index in [9.17, 15) is 0 Å². The molecule has 1 rings (SSSR count). The van der Waals surface area contributed by atoms with Gasteiger partial charge in [-0.1, -0.05) is 19.1 Å². The molecule has 0 saturated carbocycles.